The van der Waals surface area contributed by atoms with Crippen molar-refractivity contribution in [2.45, 2.75) is 81.3 Å². The summed E-state index contributed by atoms with van der Waals surface area (Å²) in [6.07, 6.45) is 37.0. The van der Waals surface area contributed by atoms with Gasteiger partial charge >= 0.3 is 0 Å². The smallest absolute Gasteiger partial charge is 0.222 e. The number of hydrogen-bond acceptors (Lipinski definition) is 3. The van der Waals surface area contributed by atoms with E-state index in [1.807, 2.05) is 82.4 Å². The van der Waals surface area contributed by atoms with Gasteiger partial charge in [-0.25, -0.2) is 0 Å². The fourth-order valence-electron chi connectivity index (χ4n) is 4.12. The van der Waals surface area contributed by atoms with Crippen molar-refractivity contribution in [2.24, 2.45) is 5.41 Å². The fraction of sp³-hybridized carbons (Fsp3) is 0.325. The Morgan fingerprint density at radius 2 is 1.12 bits per heavy atom. The summed E-state index contributed by atoms with van der Waals surface area (Å²) in [6, 6.07) is 0. The van der Waals surface area contributed by atoms with Gasteiger partial charge in [0.1, 0.15) is 0 Å². The van der Waals surface area contributed by atoms with Crippen LogP contribution in [0.4, 0.5) is 0 Å². The molecule has 0 radical (unpaired) electrons. The molecule has 0 aromatic heterocycles. The van der Waals surface area contributed by atoms with Crippen LogP contribution in [0.25, 0.3) is 0 Å². The molecule has 3 heteroatoms. The van der Waals surface area contributed by atoms with E-state index in [9.17, 15) is 15.0 Å². The third-order valence-corrected chi connectivity index (χ3v) is 6.66. The lowest BCUT2D eigenvalue weighted by atomic mass is 9.76. The van der Waals surface area contributed by atoms with Crippen LogP contribution in [0.1, 0.15) is 75.7 Å². The molecule has 43 heavy (non-hydrogen) atoms. The van der Waals surface area contributed by atoms with E-state index < -0.39 is 11.0 Å². The molecule has 0 aromatic carbocycles. The van der Waals surface area contributed by atoms with Gasteiger partial charge < -0.3 is 10.2 Å². The highest BCUT2D eigenvalue weighted by atomic mass is 16.3. The molecule has 1 rings (SSSR count). The highest BCUT2D eigenvalue weighted by molar-refractivity contribution is 6.08. The van der Waals surface area contributed by atoms with Crippen molar-refractivity contribution in [1.29, 1.82) is 0 Å². The van der Waals surface area contributed by atoms with E-state index in [1.165, 1.54) is 0 Å². The van der Waals surface area contributed by atoms with Gasteiger partial charge in [0.2, 0.25) is 5.78 Å². The molecular formula is C40H52O3. The molecule has 0 atom stereocenters. The molecule has 1 aliphatic rings. The van der Waals surface area contributed by atoms with Crippen LogP contribution in [0.3, 0.4) is 0 Å². The van der Waals surface area contributed by atoms with Gasteiger partial charge in [-0.3, -0.25) is 4.79 Å². The van der Waals surface area contributed by atoms with E-state index in [2.05, 4.69) is 69.4 Å². The number of aliphatic hydroxyl groups is 2. The molecule has 1 aliphatic carbocycles. The highest BCUT2D eigenvalue weighted by Gasteiger charge is 2.30. The molecule has 0 spiro atoms. The van der Waals surface area contributed by atoms with Crippen LogP contribution < -0.4 is 0 Å². The van der Waals surface area contributed by atoms with Crippen molar-refractivity contribution in [3.8, 4) is 0 Å². The zero-order chi connectivity index (χ0) is 32.6. The lowest BCUT2D eigenvalue weighted by molar-refractivity contribution is -0.114. The minimum Gasteiger partial charge on any atom is -0.504 e. The molecule has 0 saturated carbocycles. The van der Waals surface area contributed by atoms with E-state index in [0.717, 1.165) is 33.4 Å². The van der Waals surface area contributed by atoms with E-state index in [1.54, 1.807) is 26.8 Å². The summed E-state index contributed by atoms with van der Waals surface area (Å²) in [5.41, 5.74) is 6.08. The Bertz CT molecular complexity index is 1390. The lowest BCUT2D eigenvalue weighted by Crippen LogP contribution is -2.23. The zero-order valence-electron chi connectivity index (χ0n) is 27.9. The predicted octanol–water partition coefficient (Wildman–Crippen LogP) is 10.6. The van der Waals surface area contributed by atoms with Gasteiger partial charge in [-0.1, -0.05) is 145 Å². The molecule has 0 amide bonds. The van der Waals surface area contributed by atoms with Gasteiger partial charge in [0.15, 0.2) is 5.76 Å². The number of carbonyl (C=O) groups excluding carboxylic acids is 1. The molecule has 230 valence electrons. The first-order chi connectivity index (χ1) is 20.0. The maximum Gasteiger partial charge on any atom is 0.222 e. The lowest BCUT2D eigenvalue weighted by Gasteiger charge is -2.28. The molecule has 0 aromatic rings. The van der Waals surface area contributed by atoms with Crippen molar-refractivity contribution >= 4 is 5.78 Å². The molecule has 0 bridgehead atoms. The van der Waals surface area contributed by atoms with Gasteiger partial charge in [0.05, 0.1) is 5.60 Å². The summed E-state index contributed by atoms with van der Waals surface area (Å²) in [5.74, 6) is -0.479. The zero-order valence-corrected chi connectivity index (χ0v) is 27.9. The summed E-state index contributed by atoms with van der Waals surface area (Å²) in [4.78, 5) is 12.2. The number of carbonyl (C=O) groups is 1. The first-order valence-electron chi connectivity index (χ1n) is 14.8. The number of hydrogen-bond donors (Lipinski definition) is 2. The Kier molecular flexibility index (Phi) is 15.4. The third kappa shape index (κ3) is 15.7. The monoisotopic (exact) mass is 580 g/mol. The van der Waals surface area contributed by atoms with Crippen LogP contribution in [0.2, 0.25) is 0 Å². The first kappa shape index (κ1) is 37.1. The molecule has 0 aliphatic heterocycles. The minimum atomic E-state index is -0.675. The molecule has 2 N–H and O–H groups in total. The highest BCUT2D eigenvalue weighted by Crippen LogP contribution is 2.37. The van der Waals surface area contributed by atoms with Gasteiger partial charge in [-0.15, -0.1) is 0 Å². The van der Waals surface area contributed by atoms with Gasteiger partial charge in [0.25, 0.3) is 0 Å². The second-order valence-electron chi connectivity index (χ2n) is 12.4. The predicted molar refractivity (Wildman–Crippen MR) is 187 cm³/mol. The summed E-state index contributed by atoms with van der Waals surface area (Å²) in [7, 11) is 0. The number of rotatable bonds is 13. The van der Waals surface area contributed by atoms with E-state index >= 15 is 0 Å². The summed E-state index contributed by atoms with van der Waals surface area (Å²) >= 11 is 0. The van der Waals surface area contributed by atoms with Crippen LogP contribution in [-0.4, -0.2) is 21.6 Å². The molecular weight excluding hydrogens is 528 g/mol. The Labute approximate surface area is 261 Å². The second-order valence-corrected chi connectivity index (χ2v) is 12.4. The van der Waals surface area contributed by atoms with Gasteiger partial charge in [0, 0.05) is 11.0 Å². The van der Waals surface area contributed by atoms with Gasteiger partial charge in [-0.2, -0.15) is 0 Å². The third-order valence-electron chi connectivity index (χ3n) is 6.66. The van der Waals surface area contributed by atoms with Crippen molar-refractivity contribution < 1.29 is 15.0 Å². The summed E-state index contributed by atoms with van der Waals surface area (Å²) < 4.78 is 0. The molecule has 3 nitrogen and oxygen atoms in total. The van der Waals surface area contributed by atoms with E-state index in [0.29, 0.717) is 12.0 Å². The second kappa shape index (κ2) is 17.9. The topological polar surface area (TPSA) is 57.5 Å². The Hall–Kier alpha value is -3.95. The number of allylic oxidation sites excluding steroid dienone is 24. The Morgan fingerprint density at radius 3 is 1.56 bits per heavy atom. The maximum atomic E-state index is 12.2. The number of Topliss-reactive ketones (excluding diaryl/α,β-unsaturated/α-hetero) is 1. The van der Waals surface area contributed by atoms with Crippen LogP contribution in [0.15, 0.2) is 154 Å². The molecule has 0 unspecified atom stereocenters. The van der Waals surface area contributed by atoms with Crippen molar-refractivity contribution in [2.75, 3.05) is 0 Å². The van der Waals surface area contributed by atoms with Crippen molar-refractivity contribution in [3.05, 3.63) is 154 Å². The fourth-order valence-corrected chi connectivity index (χ4v) is 4.12. The van der Waals surface area contributed by atoms with Crippen LogP contribution in [0.5, 0.6) is 0 Å². The largest absolute Gasteiger partial charge is 0.504 e. The van der Waals surface area contributed by atoms with Crippen LogP contribution in [0, 0.1) is 5.41 Å². The maximum absolute atomic E-state index is 12.2. The van der Waals surface area contributed by atoms with Crippen LogP contribution in [-0.2, 0) is 4.79 Å². The van der Waals surface area contributed by atoms with Crippen LogP contribution >= 0.6 is 0 Å². The van der Waals surface area contributed by atoms with E-state index in [-0.39, 0.29) is 11.5 Å². The van der Waals surface area contributed by atoms with Gasteiger partial charge in [-0.05, 0) is 73.5 Å². The molecule has 0 fully saturated rings. The van der Waals surface area contributed by atoms with Crippen molar-refractivity contribution in [3.63, 3.8) is 0 Å². The average molecular weight is 581 g/mol. The Morgan fingerprint density at radius 1 is 0.721 bits per heavy atom. The number of ketones is 1. The minimum absolute atomic E-state index is 0.173. The summed E-state index contributed by atoms with van der Waals surface area (Å²) in [5, 5.41) is 19.6. The SMILES string of the molecule is CC1=C(/C=C/C(C)=C/C=C/C(C)=C/C=C/C=C(C)/C=C/C=C(C)/C=C/C=C(C)/C=C/CC(C)(C)O)C(C)(C)C=C(O)C1=O. The Balaban J connectivity index is 2.65. The first-order valence-corrected chi connectivity index (χ1v) is 14.8. The average Bonchev–Trinajstić information content (AvgIpc) is 2.88. The van der Waals surface area contributed by atoms with E-state index in [4.69, 9.17) is 0 Å². The number of aliphatic hydroxyl groups excluding tert-OH is 1. The molecule has 0 saturated heterocycles. The quantitative estimate of drug-likeness (QED) is 0.213. The normalized spacial score (nSPS) is 18.7. The summed E-state index contributed by atoms with van der Waals surface area (Å²) in [6.45, 7) is 19.6. The van der Waals surface area contributed by atoms with Crippen molar-refractivity contribution in [1.82, 2.24) is 0 Å². The molecule has 0 heterocycles. The standard InChI is InChI=1S/C40H52O3/c1-30(19-13-21-32(3)22-14-23-33(4)25-16-28-40(9,10)43)17-11-12-18-31(2)20-15-24-34(5)26-27-36-35(6)38(42)37(41)29-39(36,7)8/h11-27,29,41,43H,28H2,1-10H3/b12-11+,19-13+,20-15+,22-14+,25-16+,27-26+,30-17+,31-18+,32-21+,33-23+,34-24+.